The molecule has 2 aromatic rings. The predicted octanol–water partition coefficient (Wildman–Crippen LogP) is 3.58. The Morgan fingerprint density at radius 2 is 1.96 bits per heavy atom. The number of carbonyl (C=O) groups is 2. The van der Waals surface area contributed by atoms with Gasteiger partial charge in [-0.3, -0.25) is 9.59 Å². The van der Waals surface area contributed by atoms with Gasteiger partial charge in [0, 0.05) is 7.05 Å². The van der Waals surface area contributed by atoms with Crippen LogP contribution in [0.4, 0.5) is 18.9 Å². The SMILES string of the molecule is CSc1ncc(Cl)c(C(=O)N(C)CC(=O)Nc2ccccc2C(F)(F)F)n1. The molecule has 0 aliphatic heterocycles. The Hall–Kier alpha value is -2.33. The fraction of sp³-hybridized carbons (Fsp3) is 0.250. The minimum Gasteiger partial charge on any atom is -0.331 e. The molecule has 2 amide bonds. The molecule has 0 unspecified atom stereocenters. The first-order chi connectivity index (χ1) is 12.6. The fourth-order valence-electron chi connectivity index (χ4n) is 2.10. The summed E-state index contributed by atoms with van der Waals surface area (Å²) in [6.45, 7) is -0.486. The molecule has 0 bridgehead atoms. The van der Waals surface area contributed by atoms with Crippen LogP contribution >= 0.6 is 23.4 Å². The van der Waals surface area contributed by atoms with Gasteiger partial charge in [-0.15, -0.1) is 0 Å². The molecular formula is C16H14ClF3N4O2S. The number of para-hydroxylation sites is 1. The van der Waals surface area contributed by atoms with Gasteiger partial charge in [0.2, 0.25) is 5.91 Å². The van der Waals surface area contributed by atoms with Crippen molar-refractivity contribution in [1.82, 2.24) is 14.9 Å². The van der Waals surface area contributed by atoms with Crippen LogP contribution in [0.1, 0.15) is 16.1 Å². The molecule has 11 heteroatoms. The highest BCUT2D eigenvalue weighted by molar-refractivity contribution is 7.98. The number of amides is 2. The van der Waals surface area contributed by atoms with Crippen molar-refractivity contribution >= 4 is 40.9 Å². The Morgan fingerprint density at radius 3 is 2.59 bits per heavy atom. The molecule has 27 heavy (non-hydrogen) atoms. The minimum absolute atomic E-state index is 0.00692. The van der Waals surface area contributed by atoms with Crippen molar-refractivity contribution in [1.29, 1.82) is 0 Å². The number of alkyl halides is 3. The second-order valence-corrected chi connectivity index (χ2v) is 6.49. The van der Waals surface area contributed by atoms with Gasteiger partial charge in [0.1, 0.15) is 0 Å². The van der Waals surface area contributed by atoms with Crippen LogP contribution in [0.2, 0.25) is 5.02 Å². The summed E-state index contributed by atoms with van der Waals surface area (Å²) in [6, 6.07) is 4.57. The largest absolute Gasteiger partial charge is 0.418 e. The first-order valence-corrected chi connectivity index (χ1v) is 9.01. The number of likely N-dealkylation sites (N-methyl/N-ethyl adjacent to an activating group) is 1. The highest BCUT2D eigenvalue weighted by Crippen LogP contribution is 2.34. The number of nitrogens with one attached hydrogen (secondary N) is 1. The number of hydrogen-bond donors (Lipinski definition) is 1. The molecular weight excluding hydrogens is 405 g/mol. The zero-order chi connectivity index (χ0) is 20.2. The van der Waals surface area contributed by atoms with Crippen LogP contribution < -0.4 is 5.32 Å². The van der Waals surface area contributed by atoms with Crippen molar-refractivity contribution in [2.75, 3.05) is 25.2 Å². The van der Waals surface area contributed by atoms with E-state index in [-0.39, 0.29) is 16.4 Å². The normalized spacial score (nSPS) is 11.2. The van der Waals surface area contributed by atoms with Crippen LogP contribution in [0.5, 0.6) is 0 Å². The third-order valence-corrected chi connectivity index (χ3v) is 4.18. The lowest BCUT2D eigenvalue weighted by atomic mass is 10.1. The maximum atomic E-state index is 13.0. The topological polar surface area (TPSA) is 75.2 Å². The third-order valence-electron chi connectivity index (χ3n) is 3.34. The lowest BCUT2D eigenvalue weighted by Gasteiger charge is -2.18. The summed E-state index contributed by atoms with van der Waals surface area (Å²) >= 11 is 7.13. The van der Waals surface area contributed by atoms with E-state index in [4.69, 9.17) is 11.6 Å². The highest BCUT2D eigenvalue weighted by Gasteiger charge is 2.33. The van der Waals surface area contributed by atoms with Gasteiger partial charge in [-0.2, -0.15) is 13.2 Å². The second kappa shape index (κ2) is 8.57. The summed E-state index contributed by atoms with van der Waals surface area (Å²) in [5.74, 6) is -1.45. The van der Waals surface area contributed by atoms with Gasteiger partial charge >= 0.3 is 6.18 Å². The molecule has 1 N–H and O–H groups in total. The minimum atomic E-state index is -4.62. The number of hydrogen-bond acceptors (Lipinski definition) is 5. The molecule has 6 nitrogen and oxygen atoms in total. The van der Waals surface area contributed by atoms with Gasteiger partial charge in [0.15, 0.2) is 10.9 Å². The van der Waals surface area contributed by atoms with Crippen LogP contribution in [0.3, 0.4) is 0 Å². The predicted molar refractivity (Wildman–Crippen MR) is 95.9 cm³/mol. The zero-order valence-corrected chi connectivity index (χ0v) is 15.7. The van der Waals surface area contributed by atoms with E-state index in [0.29, 0.717) is 5.16 Å². The Bertz CT molecular complexity index is 864. The average Bonchev–Trinajstić information content (AvgIpc) is 2.61. The molecule has 0 fully saturated rings. The molecule has 0 aliphatic carbocycles. The van der Waals surface area contributed by atoms with Crippen molar-refractivity contribution in [3.63, 3.8) is 0 Å². The van der Waals surface area contributed by atoms with Crippen molar-refractivity contribution in [2.45, 2.75) is 11.3 Å². The lowest BCUT2D eigenvalue weighted by molar-refractivity contribution is -0.137. The quantitative estimate of drug-likeness (QED) is 0.593. The maximum absolute atomic E-state index is 13.0. The average molecular weight is 419 g/mol. The lowest BCUT2D eigenvalue weighted by Crippen LogP contribution is -2.36. The van der Waals surface area contributed by atoms with Crippen molar-refractivity contribution in [3.05, 3.63) is 46.7 Å². The summed E-state index contributed by atoms with van der Waals surface area (Å²) in [5, 5.41) is 2.49. The molecule has 0 saturated carbocycles. The number of aromatic nitrogens is 2. The molecule has 0 saturated heterocycles. The summed E-state index contributed by atoms with van der Waals surface area (Å²) in [7, 11) is 1.31. The third kappa shape index (κ3) is 5.33. The van der Waals surface area contributed by atoms with E-state index in [1.54, 1.807) is 6.26 Å². The molecule has 144 valence electrons. The number of benzene rings is 1. The van der Waals surface area contributed by atoms with Crippen LogP contribution in [-0.4, -0.2) is 46.5 Å². The summed E-state index contributed by atoms with van der Waals surface area (Å²) in [6.07, 6.45) is -1.64. The number of halogens is 4. The van der Waals surface area contributed by atoms with E-state index in [9.17, 15) is 22.8 Å². The van der Waals surface area contributed by atoms with Crippen LogP contribution in [0, 0.1) is 0 Å². The summed E-state index contributed by atoms with van der Waals surface area (Å²) in [5.41, 5.74) is -1.46. The first kappa shape index (κ1) is 21.0. The molecule has 0 atom stereocenters. The number of nitrogens with zero attached hydrogens (tertiary/aromatic N) is 3. The van der Waals surface area contributed by atoms with Crippen LogP contribution in [0.15, 0.2) is 35.6 Å². The van der Waals surface area contributed by atoms with E-state index in [1.807, 2.05) is 0 Å². The number of rotatable bonds is 5. The number of anilines is 1. The van der Waals surface area contributed by atoms with E-state index < -0.39 is 30.1 Å². The zero-order valence-electron chi connectivity index (χ0n) is 14.2. The second-order valence-electron chi connectivity index (χ2n) is 5.31. The molecule has 1 heterocycles. The van der Waals surface area contributed by atoms with Crippen molar-refractivity contribution in [2.24, 2.45) is 0 Å². The van der Waals surface area contributed by atoms with Gasteiger partial charge in [0.05, 0.1) is 29.0 Å². The molecule has 0 radical (unpaired) electrons. The van der Waals surface area contributed by atoms with Gasteiger partial charge < -0.3 is 10.2 Å². The van der Waals surface area contributed by atoms with Gasteiger partial charge in [0.25, 0.3) is 5.91 Å². The van der Waals surface area contributed by atoms with E-state index in [1.165, 1.54) is 37.1 Å². The first-order valence-electron chi connectivity index (χ1n) is 7.41. The maximum Gasteiger partial charge on any atom is 0.418 e. The van der Waals surface area contributed by atoms with E-state index in [0.717, 1.165) is 17.0 Å². The number of thioether (sulfide) groups is 1. The molecule has 0 spiro atoms. The Labute approximate surface area is 162 Å². The molecule has 1 aromatic carbocycles. The van der Waals surface area contributed by atoms with Crippen LogP contribution in [-0.2, 0) is 11.0 Å². The van der Waals surface area contributed by atoms with Crippen LogP contribution in [0.25, 0.3) is 0 Å². The Balaban J connectivity index is 2.12. The summed E-state index contributed by atoms with van der Waals surface area (Å²) in [4.78, 5) is 33.4. The van der Waals surface area contributed by atoms with Crippen molar-refractivity contribution in [3.8, 4) is 0 Å². The van der Waals surface area contributed by atoms with Gasteiger partial charge in [-0.05, 0) is 18.4 Å². The Morgan fingerprint density at radius 1 is 1.30 bits per heavy atom. The Kier molecular flexibility index (Phi) is 6.66. The standard InChI is InChI=1S/C16H14ClF3N4O2S/c1-24(14(26)13-10(17)7-21-15(23-13)27-2)8-12(25)22-11-6-4-3-5-9(11)16(18,19)20/h3-7H,8H2,1-2H3,(H,22,25). The highest BCUT2D eigenvalue weighted by atomic mass is 35.5. The number of carbonyl (C=O) groups excluding carboxylic acids is 2. The summed E-state index contributed by atoms with van der Waals surface area (Å²) < 4.78 is 38.9. The van der Waals surface area contributed by atoms with E-state index in [2.05, 4.69) is 15.3 Å². The monoisotopic (exact) mass is 418 g/mol. The van der Waals surface area contributed by atoms with Gasteiger partial charge in [-0.25, -0.2) is 9.97 Å². The molecule has 2 rings (SSSR count). The van der Waals surface area contributed by atoms with E-state index >= 15 is 0 Å². The smallest absolute Gasteiger partial charge is 0.331 e. The molecule has 0 aliphatic rings. The fourth-order valence-corrected chi connectivity index (χ4v) is 2.61. The van der Waals surface area contributed by atoms with Crippen molar-refractivity contribution < 1.29 is 22.8 Å². The van der Waals surface area contributed by atoms with Gasteiger partial charge in [-0.1, -0.05) is 35.5 Å². The molecule has 1 aromatic heterocycles.